The summed E-state index contributed by atoms with van der Waals surface area (Å²) in [5.41, 5.74) is -0.589. The van der Waals surface area contributed by atoms with Crippen molar-refractivity contribution in [1.29, 1.82) is 5.26 Å². The Morgan fingerprint density at radius 1 is 1.17 bits per heavy atom. The molecule has 7 nitrogen and oxygen atoms in total. The highest BCUT2D eigenvalue weighted by Crippen LogP contribution is 2.26. The first-order chi connectivity index (χ1) is 13.7. The highest BCUT2D eigenvalue weighted by Gasteiger charge is 2.23. The van der Waals surface area contributed by atoms with Crippen molar-refractivity contribution < 1.29 is 18.0 Å². The molecule has 0 saturated carbocycles. The summed E-state index contributed by atoms with van der Waals surface area (Å²) >= 11 is 0. The predicted molar refractivity (Wildman–Crippen MR) is 98.6 cm³/mol. The van der Waals surface area contributed by atoms with E-state index in [1.165, 1.54) is 24.1 Å². The van der Waals surface area contributed by atoms with Crippen LogP contribution >= 0.6 is 0 Å². The molecule has 29 heavy (non-hydrogen) atoms. The van der Waals surface area contributed by atoms with Crippen LogP contribution in [0.4, 0.5) is 23.7 Å². The van der Waals surface area contributed by atoms with Gasteiger partial charge in [-0.3, -0.25) is 4.79 Å². The number of urea groups is 1. The van der Waals surface area contributed by atoms with Crippen LogP contribution in [-0.2, 0) is 0 Å². The predicted octanol–water partition coefficient (Wildman–Crippen LogP) is 3.44. The zero-order chi connectivity index (χ0) is 21.3. The van der Waals surface area contributed by atoms with E-state index in [0.717, 1.165) is 18.2 Å². The summed E-state index contributed by atoms with van der Waals surface area (Å²) in [4.78, 5) is 25.6. The quantitative estimate of drug-likeness (QED) is 0.702. The van der Waals surface area contributed by atoms with Gasteiger partial charge in [0.1, 0.15) is 11.9 Å². The molecule has 148 valence electrons. The number of hydrogen-bond acceptors (Lipinski definition) is 4. The fraction of sp³-hybridized carbons (Fsp3) is 0.158. The monoisotopic (exact) mass is 401 g/mol. The minimum absolute atomic E-state index is 0.0633. The minimum Gasteiger partial charge on any atom is -0.319 e. The van der Waals surface area contributed by atoms with E-state index < -0.39 is 35.1 Å². The maximum absolute atomic E-state index is 13.7. The molecule has 3 aromatic rings. The van der Waals surface area contributed by atoms with E-state index in [9.17, 15) is 22.8 Å². The molecule has 2 aromatic carbocycles. The van der Waals surface area contributed by atoms with Crippen LogP contribution in [0, 0.1) is 28.8 Å². The second kappa shape index (κ2) is 7.63. The van der Waals surface area contributed by atoms with Gasteiger partial charge in [0, 0.05) is 18.1 Å². The number of aromatic amines is 1. The Kier molecular flexibility index (Phi) is 5.23. The van der Waals surface area contributed by atoms with Gasteiger partial charge in [-0.25, -0.2) is 23.1 Å². The largest absolute Gasteiger partial charge is 0.322 e. The topological polar surface area (TPSA) is 102 Å². The summed E-state index contributed by atoms with van der Waals surface area (Å²) in [5.74, 6) is -3.05. The van der Waals surface area contributed by atoms with Crippen molar-refractivity contribution in [3.8, 4) is 6.07 Å². The highest BCUT2D eigenvalue weighted by molar-refractivity contribution is 5.90. The molecule has 0 aliphatic heterocycles. The molecule has 2 amide bonds. The van der Waals surface area contributed by atoms with Crippen molar-refractivity contribution in [3.63, 3.8) is 0 Å². The van der Waals surface area contributed by atoms with Gasteiger partial charge in [0.25, 0.3) is 5.56 Å². The lowest BCUT2D eigenvalue weighted by Gasteiger charge is -2.25. The Bertz CT molecular complexity index is 1220. The Morgan fingerprint density at radius 2 is 1.83 bits per heavy atom. The molecule has 0 unspecified atom stereocenters. The third-order valence-corrected chi connectivity index (χ3v) is 4.49. The van der Waals surface area contributed by atoms with Crippen LogP contribution in [0.2, 0.25) is 0 Å². The van der Waals surface area contributed by atoms with Gasteiger partial charge < -0.3 is 10.2 Å². The number of hydrogen-bond donors (Lipinski definition) is 2. The molecule has 1 heterocycles. The average molecular weight is 401 g/mol. The lowest BCUT2D eigenvalue weighted by molar-refractivity contribution is 0.207. The number of H-pyrrole nitrogens is 1. The van der Waals surface area contributed by atoms with E-state index in [0.29, 0.717) is 0 Å². The van der Waals surface area contributed by atoms with Crippen LogP contribution in [0.15, 0.2) is 35.1 Å². The molecule has 0 saturated heterocycles. The van der Waals surface area contributed by atoms with Gasteiger partial charge in [0.05, 0.1) is 22.7 Å². The number of aromatic nitrogens is 2. The number of halogens is 3. The molecule has 2 N–H and O–H groups in total. The average Bonchev–Trinajstić information content (AvgIpc) is 2.70. The van der Waals surface area contributed by atoms with Gasteiger partial charge in [-0.05, 0) is 37.3 Å². The summed E-state index contributed by atoms with van der Waals surface area (Å²) in [6.07, 6.45) is 0. The summed E-state index contributed by atoms with van der Waals surface area (Å²) < 4.78 is 40.6. The molecular weight excluding hydrogens is 387 g/mol. The molecule has 3 rings (SSSR count). The molecular formula is C19H14F3N5O2. The Balaban J connectivity index is 1.92. The maximum Gasteiger partial charge on any atom is 0.322 e. The normalized spacial score (nSPS) is 11.7. The van der Waals surface area contributed by atoms with Gasteiger partial charge in [0.15, 0.2) is 11.6 Å². The molecule has 0 aliphatic carbocycles. The molecule has 1 aromatic heterocycles. The van der Waals surface area contributed by atoms with Crippen LogP contribution in [0.25, 0.3) is 10.8 Å². The molecule has 0 radical (unpaired) electrons. The SMILES string of the molecule is C[C@H](c1n[nH]c(=O)c2cc(F)c(F)cc12)N(C)C(=O)Nc1ccc(F)c(C#N)c1. The summed E-state index contributed by atoms with van der Waals surface area (Å²) in [7, 11) is 1.42. The van der Waals surface area contributed by atoms with Crippen LogP contribution in [-0.4, -0.2) is 28.2 Å². The van der Waals surface area contributed by atoms with E-state index >= 15 is 0 Å². The summed E-state index contributed by atoms with van der Waals surface area (Å²) in [5, 5.41) is 17.4. The van der Waals surface area contributed by atoms with Crippen molar-refractivity contribution in [2.75, 3.05) is 12.4 Å². The molecule has 0 aliphatic rings. The van der Waals surface area contributed by atoms with Gasteiger partial charge in [-0.15, -0.1) is 0 Å². The van der Waals surface area contributed by atoms with Crippen LogP contribution in [0.3, 0.4) is 0 Å². The van der Waals surface area contributed by atoms with Gasteiger partial charge in [-0.1, -0.05) is 0 Å². The maximum atomic E-state index is 13.7. The number of carbonyl (C=O) groups is 1. The summed E-state index contributed by atoms with van der Waals surface area (Å²) in [6, 6.07) is 5.42. The third-order valence-electron chi connectivity index (χ3n) is 4.49. The Morgan fingerprint density at radius 3 is 2.48 bits per heavy atom. The first kappa shape index (κ1) is 19.9. The highest BCUT2D eigenvalue weighted by atomic mass is 19.2. The number of nitrogens with one attached hydrogen (secondary N) is 2. The van der Waals surface area contributed by atoms with E-state index in [-0.39, 0.29) is 27.7 Å². The zero-order valence-electron chi connectivity index (χ0n) is 15.3. The van der Waals surface area contributed by atoms with Crippen LogP contribution in [0.5, 0.6) is 0 Å². The van der Waals surface area contributed by atoms with E-state index in [1.807, 2.05) is 0 Å². The number of fused-ring (bicyclic) bond motifs is 1. The van der Waals surface area contributed by atoms with Gasteiger partial charge in [-0.2, -0.15) is 10.4 Å². The molecule has 0 spiro atoms. The standard InChI is InChI=1S/C19H14F3N5O2/c1-9(17-12-6-15(21)16(22)7-13(12)18(28)26-25-17)27(2)19(29)24-11-3-4-14(20)10(5-11)8-23/h3-7,9H,1-2H3,(H,24,29)(H,26,28)/t9-/m1/s1. The number of benzene rings is 2. The first-order valence-corrected chi connectivity index (χ1v) is 8.33. The number of nitrogens with zero attached hydrogens (tertiary/aromatic N) is 3. The lowest BCUT2D eigenvalue weighted by atomic mass is 10.1. The van der Waals surface area contributed by atoms with Crippen molar-refractivity contribution in [1.82, 2.24) is 15.1 Å². The van der Waals surface area contributed by atoms with Crippen molar-refractivity contribution in [3.05, 3.63) is 69.4 Å². The number of amides is 2. The van der Waals surface area contributed by atoms with E-state index in [2.05, 4.69) is 15.5 Å². The van der Waals surface area contributed by atoms with Gasteiger partial charge in [0.2, 0.25) is 0 Å². The third kappa shape index (κ3) is 3.75. The number of carbonyl (C=O) groups excluding carboxylic acids is 1. The second-order valence-electron chi connectivity index (χ2n) is 6.27. The van der Waals surface area contributed by atoms with Crippen LogP contribution < -0.4 is 10.9 Å². The fourth-order valence-corrected chi connectivity index (χ4v) is 2.76. The van der Waals surface area contributed by atoms with E-state index in [4.69, 9.17) is 5.26 Å². The fourth-order valence-electron chi connectivity index (χ4n) is 2.76. The van der Waals surface area contributed by atoms with Gasteiger partial charge >= 0.3 is 6.03 Å². The molecule has 10 heteroatoms. The van der Waals surface area contributed by atoms with Crippen molar-refractivity contribution in [2.24, 2.45) is 0 Å². The smallest absolute Gasteiger partial charge is 0.319 e. The molecule has 0 bridgehead atoms. The van der Waals surface area contributed by atoms with Crippen LogP contribution in [0.1, 0.15) is 24.2 Å². The van der Waals surface area contributed by atoms with E-state index in [1.54, 1.807) is 13.0 Å². The lowest BCUT2D eigenvalue weighted by Crippen LogP contribution is -2.34. The number of anilines is 1. The number of nitriles is 1. The van der Waals surface area contributed by atoms with Crippen molar-refractivity contribution in [2.45, 2.75) is 13.0 Å². The Labute approximate surface area is 162 Å². The molecule has 1 atom stereocenters. The second-order valence-corrected chi connectivity index (χ2v) is 6.27. The zero-order valence-corrected chi connectivity index (χ0v) is 15.3. The summed E-state index contributed by atoms with van der Waals surface area (Å²) in [6.45, 7) is 1.58. The van der Waals surface area contributed by atoms with Crippen molar-refractivity contribution >= 4 is 22.5 Å². The Hall–Kier alpha value is -3.87. The molecule has 0 fully saturated rings. The number of rotatable bonds is 3. The first-order valence-electron chi connectivity index (χ1n) is 8.33. The minimum atomic E-state index is -1.18.